The molecule has 0 saturated carbocycles. The first-order valence-electron chi connectivity index (χ1n) is 11.8. The Morgan fingerprint density at radius 2 is 1.89 bits per heavy atom. The number of hydrogen-bond acceptors (Lipinski definition) is 6. The highest BCUT2D eigenvalue weighted by atomic mass is 16.5. The van der Waals surface area contributed by atoms with Crippen molar-refractivity contribution in [2.24, 2.45) is 0 Å². The quantitative estimate of drug-likeness (QED) is 0.303. The van der Waals surface area contributed by atoms with E-state index in [9.17, 15) is 0 Å². The van der Waals surface area contributed by atoms with E-state index in [2.05, 4.69) is 61.8 Å². The van der Waals surface area contributed by atoms with Gasteiger partial charge in [-0.25, -0.2) is 15.0 Å². The summed E-state index contributed by atoms with van der Waals surface area (Å²) in [6, 6.07) is 20.6. The molecule has 0 fully saturated rings. The average molecular weight is 463 g/mol. The molecule has 0 aliphatic carbocycles. The van der Waals surface area contributed by atoms with Gasteiger partial charge in [-0.2, -0.15) is 0 Å². The van der Waals surface area contributed by atoms with Gasteiger partial charge < -0.3 is 20.4 Å². The molecule has 1 atom stereocenters. The van der Waals surface area contributed by atoms with Gasteiger partial charge in [0, 0.05) is 36.6 Å². The Hall–Kier alpha value is -4.23. The number of aromatic amines is 1. The van der Waals surface area contributed by atoms with E-state index < -0.39 is 0 Å². The van der Waals surface area contributed by atoms with Crippen LogP contribution in [0.25, 0.3) is 22.3 Å². The van der Waals surface area contributed by atoms with Gasteiger partial charge in [-0.15, -0.1) is 0 Å². The molecule has 35 heavy (non-hydrogen) atoms. The van der Waals surface area contributed by atoms with Crippen LogP contribution >= 0.6 is 0 Å². The maximum Gasteiger partial charge on any atom is 0.141 e. The highest BCUT2D eigenvalue weighted by Gasteiger charge is 2.16. The molecule has 5 aromatic rings. The maximum absolute atomic E-state index is 6.38. The summed E-state index contributed by atoms with van der Waals surface area (Å²) in [4.78, 5) is 16.8. The Balaban J connectivity index is 1.32. The first kappa shape index (κ1) is 21.3. The number of fused-ring (bicyclic) bond motifs is 2. The molecule has 7 nitrogen and oxygen atoms in total. The third kappa shape index (κ3) is 4.34. The predicted octanol–water partition coefficient (Wildman–Crippen LogP) is 5.63. The molecule has 0 saturated heterocycles. The van der Waals surface area contributed by atoms with Crippen LogP contribution in [0.1, 0.15) is 29.7 Å². The summed E-state index contributed by atoms with van der Waals surface area (Å²) in [6.45, 7) is 4.00. The zero-order valence-electron chi connectivity index (χ0n) is 19.5. The second-order valence-electron chi connectivity index (χ2n) is 8.76. The summed E-state index contributed by atoms with van der Waals surface area (Å²) in [5, 5.41) is 7.80. The number of benzene rings is 2. The Morgan fingerprint density at radius 1 is 0.971 bits per heavy atom. The minimum atomic E-state index is 0.112. The standard InChI is InChI=1S/C28H26N6O/c1-18(19-5-3-2-4-6-19)34-26-14-24(32-17-33-26)23-16-31-28-27(23)25(10-12-30-28)35-22-8-7-20-9-11-29-15-21(20)13-22/h2-8,10,12-14,16-18,29H,9,11,15H2,1H3,(H,30,31)(H,32,33,34). The van der Waals surface area contributed by atoms with Crippen LogP contribution in [0.2, 0.25) is 0 Å². The monoisotopic (exact) mass is 462 g/mol. The molecule has 174 valence electrons. The van der Waals surface area contributed by atoms with E-state index in [1.807, 2.05) is 42.6 Å². The summed E-state index contributed by atoms with van der Waals surface area (Å²) in [6.07, 6.45) is 6.31. The van der Waals surface area contributed by atoms with Crippen molar-refractivity contribution in [3.05, 3.63) is 96.1 Å². The molecule has 6 rings (SSSR count). The first-order valence-corrected chi connectivity index (χ1v) is 11.8. The number of nitrogens with one attached hydrogen (secondary N) is 3. The van der Waals surface area contributed by atoms with Gasteiger partial charge in [-0.05, 0) is 54.8 Å². The smallest absolute Gasteiger partial charge is 0.141 e. The van der Waals surface area contributed by atoms with E-state index in [1.165, 1.54) is 16.7 Å². The number of aromatic nitrogens is 4. The van der Waals surface area contributed by atoms with Crippen LogP contribution in [0.5, 0.6) is 11.5 Å². The van der Waals surface area contributed by atoms with E-state index in [1.54, 1.807) is 12.5 Å². The Labute approximate surface area is 203 Å². The maximum atomic E-state index is 6.38. The molecule has 3 N–H and O–H groups in total. The largest absolute Gasteiger partial charge is 0.457 e. The van der Waals surface area contributed by atoms with Crippen LogP contribution < -0.4 is 15.4 Å². The van der Waals surface area contributed by atoms with E-state index in [0.717, 1.165) is 59.1 Å². The normalized spacial score (nSPS) is 13.9. The van der Waals surface area contributed by atoms with Crippen LogP contribution in [-0.2, 0) is 13.0 Å². The van der Waals surface area contributed by atoms with Gasteiger partial charge in [-0.1, -0.05) is 36.4 Å². The average Bonchev–Trinajstić information content (AvgIpc) is 3.35. The van der Waals surface area contributed by atoms with Crippen LogP contribution in [-0.4, -0.2) is 26.5 Å². The number of nitrogens with zero attached hydrogens (tertiary/aromatic N) is 3. The molecule has 3 aromatic heterocycles. The number of anilines is 1. The number of H-pyrrole nitrogens is 1. The highest BCUT2D eigenvalue weighted by Crippen LogP contribution is 2.37. The molecular weight excluding hydrogens is 436 g/mol. The van der Waals surface area contributed by atoms with Gasteiger partial charge in [0.1, 0.15) is 29.3 Å². The number of rotatable bonds is 6. The molecule has 1 aliphatic rings. The molecule has 0 spiro atoms. The number of hydrogen-bond donors (Lipinski definition) is 3. The van der Waals surface area contributed by atoms with Crippen molar-refractivity contribution >= 4 is 16.9 Å². The number of ether oxygens (including phenoxy) is 1. The second kappa shape index (κ2) is 9.19. The third-order valence-electron chi connectivity index (χ3n) is 6.43. The fourth-order valence-electron chi connectivity index (χ4n) is 4.59. The van der Waals surface area contributed by atoms with E-state index in [4.69, 9.17) is 4.74 Å². The summed E-state index contributed by atoms with van der Waals surface area (Å²) in [5.74, 6) is 2.31. The molecule has 1 aliphatic heterocycles. The van der Waals surface area contributed by atoms with Crippen molar-refractivity contribution in [3.8, 4) is 22.8 Å². The fraction of sp³-hybridized carbons (Fsp3) is 0.179. The van der Waals surface area contributed by atoms with Crippen LogP contribution in [0.4, 0.5) is 5.82 Å². The van der Waals surface area contributed by atoms with Gasteiger partial charge in [0.25, 0.3) is 0 Å². The zero-order valence-corrected chi connectivity index (χ0v) is 19.5. The van der Waals surface area contributed by atoms with Crippen molar-refractivity contribution in [1.29, 1.82) is 0 Å². The zero-order chi connectivity index (χ0) is 23.6. The highest BCUT2D eigenvalue weighted by molar-refractivity contribution is 5.97. The van der Waals surface area contributed by atoms with E-state index in [-0.39, 0.29) is 6.04 Å². The minimum absolute atomic E-state index is 0.112. The molecule has 4 heterocycles. The lowest BCUT2D eigenvalue weighted by Gasteiger charge is -2.18. The van der Waals surface area contributed by atoms with Gasteiger partial charge in [-0.3, -0.25) is 0 Å². The van der Waals surface area contributed by atoms with Gasteiger partial charge in [0.2, 0.25) is 0 Å². The summed E-state index contributed by atoms with van der Waals surface area (Å²) in [5.41, 5.74) is 6.32. The topological polar surface area (TPSA) is 87.8 Å². The van der Waals surface area contributed by atoms with E-state index in [0.29, 0.717) is 0 Å². The summed E-state index contributed by atoms with van der Waals surface area (Å²) < 4.78 is 6.38. The Bertz CT molecular complexity index is 1480. The fourth-order valence-corrected chi connectivity index (χ4v) is 4.59. The van der Waals surface area contributed by atoms with Gasteiger partial charge in [0.05, 0.1) is 11.1 Å². The molecule has 7 heteroatoms. The molecule has 0 radical (unpaired) electrons. The summed E-state index contributed by atoms with van der Waals surface area (Å²) in [7, 11) is 0. The summed E-state index contributed by atoms with van der Waals surface area (Å²) >= 11 is 0. The Kier molecular flexibility index (Phi) is 5.60. The molecular formula is C28H26N6O. The van der Waals surface area contributed by atoms with Gasteiger partial charge in [0.15, 0.2) is 0 Å². The SMILES string of the molecule is CC(Nc1cc(-c2c[nH]c3nccc(Oc4ccc5c(c4)CNCC5)c23)ncn1)c1ccccc1. The lowest BCUT2D eigenvalue weighted by molar-refractivity contribution is 0.485. The molecule has 1 unspecified atom stereocenters. The van der Waals surface area contributed by atoms with Crippen LogP contribution in [0, 0.1) is 0 Å². The van der Waals surface area contributed by atoms with Crippen molar-refractivity contribution in [1.82, 2.24) is 25.3 Å². The number of pyridine rings is 1. The Morgan fingerprint density at radius 3 is 2.80 bits per heavy atom. The van der Waals surface area contributed by atoms with Crippen LogP contribution in [0.15, 0.2) is 79.4 Å². The van der Waals surface area contributed by atoms with Crippen molar-refractivity contribution in [2.75, 3.05) is 11.9 Å². The van der Waals surface area contributed by atoms with E-state index >= 15 is 0 Å². The predicted molar refractivity (Wildman–Crippen MR) is 138 cm³/mol. The van der Waals surface area contributed by atoms with Crippen molar-refractivity contribution in [3.63, 3.8) is 0 Å². The molecule has 0 amide bonds. The van der Waals surface area contributed by atoms with Crippen LogP contribution in [0.3, 0.4) is 0 Å². The lowest BCUT2D eigenvalue weighted by atomic mass is 10.0. The van der Waals surface area contributed by atoms with Crippen molar-refractivity contribution in [2.45, 2.75) is 25.9 Å². The molecule has 0 bridgehead atoms. The lowest BCUT2D eigenvalue weighted by Crippen LogP contribution is -2.23. The first-order chi connectivity index (χ1) is 17.2. The second-order valence-corrected chi connectivity index (χ2v) is 8.76. The van der Waals surface area contributed by atoms with Gasteiger partial charge >= 0.3 is 0 Å². The molecule has 2 aromatic carbocycles. The minimum Gasteiger partial charge on any atom is -0.457 e. The van der Waals surface area contributed by atoms with Crippen molar-refractivity contribution < 1.29 is 4.74 Å². The third-order valence-corrected chi connectivity index (χ3v) is 6.43.